The van der Waals surface area contributed by atoms with Crippen molar-refractivity contribution in [2.24, 2.45) is 5.73 Å². The molecule has 3 aromatic heterocycles. The molecule has 26 heavy (non-hydrogen) atoms. The molecule has 1 unspecified atom stereocenters. The van der Waals surface area contributed by atoms with Crippen LogP contribution < -0.4 is 16.0 Å². The lowest BCUT2D eigenvalue weighted by molar-refractivity contribution is 0.504. The fraction of sp³-hybridized carbons (Fsp3) is 0.278. The van der Waals surface area contributed by atoms with Crippen molar-refractivity contribution >= 4 is 39.4 Å². The van der Waals surface area contributed by atoms with Gasteiger partial charge in [-0.05, 0) is 37.1 Å². The number of aromatic amines is 2. The van der Waals surface area contributed by atoms with Crippen LogP contribution in [0.4, 0.5) is 17.5 Å². The molecule has 4 aromatic rings. The van der Waals surface area contributed by atoms with Crippen LogP contribution in [0.3, 0.4) is 0 Å². The molecule has 1 atom stereocenters. The van der Waals surface area contributed by atoms with E-state index in [9.17, 15) is 0 Å². The quantitative estimate of drug-likeness (QED) is 0.453. The van der Waals surface area contributed by atoms with Gasteiger partial charge in [-0.1, -0.05) is 0 Å². The van der Waals surface area contributed by atoms with Gasteiger partial charge >= 0.3 is 0 Å². The maximum Gasteiger partial charge on any atom is 0.231 e. The highest BCUT2D eigenvalue weighted by molar-refractivity contribution is 5.89. The summed E-state index contributed by atoms with van der Waals surface area (Å²) in [5, 5.41) is 12.4. The third kappa shape index (κ3) is 2.64. The van der Waals surface area contributed by atoms with Crippen molar-refractivity contribution in [3.63, 3.8) is 0 Å². The van der Waals surface area contributed by atoms with Crippen molar-refractivity contribution < 1.29 is 0 Å². The molecule has 0 radical (unpaired) electrons. The van der Waals surface area contributed by atoms with Crippen LogP contribution in [0.15, 0.2) is 36.7 Å². The summed E-state index contributed by atoms with van der Waals surface area (Å²) >= 11 is 0. The number of rotatable bonds is 3. The Kier molecular flexibility index (Phi) is 3.49. The lowest BCUT2D eigenvalue weighted by atomic mass is 10.1. The standard InChI is InChI=1S/C18H20N8/c19-12-2-1-7-26(10-12)17-14-5-6-20-16(14)23-18(24-17)22-13-4-3-11-9-21-25-15(11)8-13/h3-6,8-9,12H,1-2,7,10,19H2,(H,21,25)(H2,20,22,23,24). The van der Waals surface area contributed by atoms with Crippen molar-refractivity contribution in [1.82, 2.24) is 25.1 Å². The molecule has 0 bridgehead atoms. The Bertz CT molecular complexity index is 1070. The average molecular weight is 348 g/mol. The number of benzene rings is 1. The minimum atomic E-state index is 0.187. The number of nitrogens with two attached hydrogens (primary N) is 1. The Balaban J connectivity index is 1.53. The van der Waals surface area contributed by atoms with Crippen molar-refractivity contribution in [2.45, 2.75) is 18.9 Å². The van der Waals surface area contributed by atoms with Crippen LogP contribution in [-0.2, 0) is 0 Å². The Morgan fingerprint density at radius 3 is 3.12 bits per heavy atom. The molecular weight excluding hydrogens is 328 g/mol. The zero-order valence-electron chi connectivity index (χ0n) is 14.2. The predicted octanol–water partition coefficient (Wildman–Crippen LogP) is 2.51. The monoisotopic (exact) mass is 348 g/mol. The van der Waals surface area contributed by atoms with Gasteiger partial charge < -0.3 is 20.9 Å². The maximum absolute atomic E-state index is 6.17. The van der Waals surface area contributed by atoms with E-state index in [1.54, 1.807) is 6.20 Å². The molecule has 0 amide bonds. The third-order valence-electron chi connectivity index (χ3n) is 4.85. The van der Waals surface area contributed by atoms with Crippen LogP contribution in [0, 0.1) is 0 Å². The first-order chi connectivity index (χ1) is 12.8. The number of anilines is 3. The molecule has 1 aliphatic rings. The number of piperidine rings is 1. The van der Waals surface area contributed by atoms with Crippen LogP contribution in [-0.4, -0.2) is 44.3 Å². The van der Waals surface area contributed by atoms with Gasteiger partial charge in [0.1, 0.15) is 11.5 Å². The van der Waals surface area contributed by atoms with E-state index in [4.69, 9.17) is 10.7 Å². The maximum atomic E-state index is 6.17. The molecule has 8 heteroatoms. The number of hydrogen-bond donors (Lipinski definition) is 4. The van der Waals surface area contributed by atoms with E-state index in [1.165, 1.54) is 0 Å². The first-order valence-corrected chi connectivity index (χ1v) is 8.82. The zero-order valence-corrected chi connectivity index (χ0v) is 14.2. The van der Waals surface area contributed by atoms with Crippen LogP contribution in [0.25, 0.3) is 21.9 Å². The highest BCUT2D eigenvalue weighted by Gasteiger charge is 2.21. The summed E-state index contributed by atoms with van der Waals surface area (Å²) < 4.78 is 0. The van der Waals surface area contributed by atoms with E-state index in [0.717, 1.165) is 59.4 Å². The molecule has 8 nitrogen and oxygen atoms in total. The molecule has 5 N–H and O–H groups in total. The fourth-order valence-electron chi connectivity index (χ4n) is 3.57. The first kappa shape index (κ1) is 15.2. The third-order valence-corrected chi connectivity index (χ3v) is 4.85. The van der Waals surface area contributed by atoms with Gasteiger partial charge in [-0.3, -0.25) is 5.10 Å². The highest BCUT2D eigenvalue weighted by Crippen LogP contribution is 2.28. The number of nitrogens with zero attached hydrogens (tertiary/aromatic N) is 4. The van der Waals surface area contributed by atoms with Gasteiger partial charge in [-0.15, -0.1) is 0 Å². The fourth-order valence-corrected chi connectivity index (χ4v) is 3.57. The molecule has 0 saturated carbocycles. The second kappa shape index (κ2) is 5.99. The van der Waals surface area contributed by atoms with Gasteiger partial charge in [0.2, 0.25) is 5.95 Å². The summed E-state index contributed by atoms with van der Waals surface area (Å²) in [6, 6.07) is 8.22. The van der Waals surface area contributed by atoms with Crippen molar-refractivity contribution in [2.75, 3.05) is 23.3 Å². The molecule has 0 aliphatic carbocycles. The molecule has 1 saturated heterocycles. The van der Waals surface area contributed by atoms with Gasteiger partial charge in [0.15, 0.2) is 0 Å². The Labute approximate surface area is 149 Å². The Morgan fingerprint density at radius 2 is 2.19 bits per heavy atom. The normalized spacial score (nSPS) is 17.9. The lowest BCUT2D eigenvalue weighted by Gasteiger charge is -2.32. The summed E-state index contributed by atoms with van der Waals surface area (Å²) in [6.45, 7) is 1.78. The summed E-state index contributed by atoms with van der Waals surface area (Å²) in [4.78, 5) is 14.9. The highest BCUT2D eigenvalue weighted by atomic mass is 15.2. The minimum absolute atomic E-state index is 0.187. The van der Waals surface area contributed by atoms with Crippen molar-refractivity contribution in [1.29, 1.82) is 0 Å². The van der Waals surface area contributed by atoms with Gasteiger partial charge in [0, 0.05) is 36.4 Å². The van der Waals surface area contributed by atoms with Crippen LogP contribution in [0.1, 0.15) is 12.8 Å². The second-order valence-electron chi connectivity index (χ2n) is 6.76. The molecule has 0 spiro atoms. The molecule has 5 rings (SSSR count). The summed E-state index contributed by atoms with van der Waals surface area (Å²) in [6.07, 6.45) is 5.84. The van der Waals surface area contributed by atoms with E-state index in [1.807, 2.05) is 30.5 Å². The Morgan fingerprint density at radius 1 is 1.23 bits per heavy atom. The smallest absolute Gasteiger partial charge is 0.231 e. The van der Waals surface area contributed by atoms with Crippen LogP contribution in [0.2, 0.25) is 0 Å². The Hall–Kier alpha value is -3.13. The first-order valence-electron chi connectivity index (χ1n) is 8.82. The topological polar surface area (TPSA) is 112 Å². The summed E-state index contributed by atoms with van der Waals surface area (Å²) in [7, 11) is 0. The number of H-pyrrole nitrogens is 2. The van der Waals surface area contributed by atoms with Crippen molar-refractivity contribution in [3.8, 4) is 0 Å². The number of aromatic nitrogens is 5. The minimum Gasteiger partial charge on any atom is -0.354 e. The van der Waals surface area contributed by atoms with Gasteiger partial charge in [0.25, 0.3) is 0 Å². The molecule has 1 aliphatic heterocycles. The SMILES string of the molecule is NC1CCCN(c2nc(Nc3ccc4cn[nH]c4c3)nc3[nH]ccc23)C1. The number of nitrogens with one attached hydrogen (secondary N) is 3. The van der Waals surface area contributed by atoms with Gasteiger partial charge in [0.05, 0.1) is 17.1 Å². The predicted molar refractivity (Wildman–Crippen MR) is 103 cm³/mol. The van der Waals surface area contributed by atoms with Gasteiger partial charge in [-0.2, -0.15) is 15.1 Å². The molecule has 132 valence electrons. The second-order valence-corrected chi connectivity index (χ2v) is 6.76. The van der Waals surface area contributed by atoms with Crippen LogP contribution in [0.5, 0.6) is 0 Å². The summed E-state index contributed by atoms with van der Waals surface area (Å²) in [5.41, 5.74) is 8.87. The molecule has 1 aromatic carbocycles. The lowest BCUT2D eigenvalue weighted by Crippen LogP contribution is -2.43. The largest absolute Gasteiger partial charge is 0.354 e. The van der Waals surface area contributed by atoms with E-state index in [0.29, 0.717) is 5.95 Å². The van der Waals surface area contributed by atoms with E-state index in [-0.39, 0.29) is 6.04 Å². The molecule has 1 fully saturated rings. The average Bonchev–Trinajstić information content (AvgIpc) is 3.29. The van der Waals surface area contributed by atoms with Crippen LogP contribution >= 0.6 is 0 Å². The van der Waals surface area contributed by atoms with E-state index in [2.05, 4.69) is 30.4 Å². The number of hydrogen-bond acceptors (Lipinski definition) is 6. The van der Waals surface area contributed by atoms with Gasteiger partial charge in [-0.25, -0.2) is 0 Å². The van der Waals surface area contributed by atoms with E-state index < -0.39 is 0 Å². The van der Waals surface area contributed by atoms with Crippen molar-refractivity contribution in [3.05, 3.63) is 36.7 Å². The zero-order chi connectivity index (χ0) is 17.5. The molecule has 4 heterocycles. The molecular formula is C18H20N8. The summed E-state index contributed by atoms with van der Waals surface area (Å²) in [5.74, 6) is 1.49. The van der Waals surface area contributed by atoms with E-state index >= 15 is 0 Å². The number of fused-ring (bicyclic) bond motifs is 2.